The fraction of sp³-hybridized carbons (Fsp3) is 0.800. The van der Waals surface area contributed by atoms with Gasteiger partial charge in [-0.15, -0.1) is 0 Å². The molecule has 1 unspecified atom stereocenters. The molecule has 4 N–H and O–H groups in total. The van der Waals surface area contributed by atoms with Gasteiger partial charge in [0.05, 0.1) is 19.1 Å². The topological polar surface area (TPSA) is 105 Å². The number of rotatable bonds is 9. The highest BCUT2D eigenvalue weighted by Gasteiger charge is 2.16. The van der Waals surface area contributed by atoms with Gasteiger partial charge >= 0.3 is 5.97 Å². The van der Waals surface area contributed by atoms with Crippen LogP contribution in [0.25, 0.3) is 0 Å². The number of nitrogens with one attached hydrogen (secondary N) is 1. The Morgan fingerprint density at radius 3 is 2.65 bits per heavy atom. The second-order valence-corrected chi connectivity index (χ2v) is 3.79. The second-order valence-electron chi connectivity index (χ2n) is 3.79. The molecule has 0 aromatic rings. The highest BCUT2D eigenvalue weighted by Crippen LogP contribution is 1.88. The number of hydrogen-bond acceptors (Lipinski definition) is 5. The van der Waals surface area contributed by atoms with Gasteiger partial charge in [-0.3, -0.25) is 9.59 Å². The Balaban J connectivity index is 3.66. The monoisotopic (exact) mass is 247 g/mol. The Hall–Kier alpha value is -1.18. The number of carbonyl (C=O) groups excluding carboxylic acids is 1. The molecule has 0 aromatic heterocycles. The second kappa shape index (κ2) is 8.91. The number of carboxylic acids is 1. The number of nitrogens with zero attached hydrogens (tertiary/aromatic N) is 1. The molecule has 0 rings (SSSR count). The van der Waals surface area contributed by atoms with Crippen molar-refractivity contribution >= 4 is 11.9 Å². The van der Waals surface area contributed by atoms with E-state index in [1.807, 2.05) is 11.9 Å². The normalized spacial score (nSPS) is 12.5. The number of ether oxygens (including phenoxy) is 1. The van der Waals surface area contributed by atoms with Crippen LogP contribution in [0.4, 0.5) is 0 Å². The van der Waals surface area contributed by atoms with Gasteiger partial charge in [-0.25, -0.2) is 0 Å². The van der Waals surface area contributed by atoms with Crippen molar-refractivity contribution in [2.75, 3.05) is 40.4 Å². The molecule has 1 atom stereocenters. The van der Waals surface area contributed by atoms with Crippen LogP contribution in [0.2, 0.25) is 0 Å². The van der Waals surface area contributed by atoms with Crippen LogP contribution < -0.4 is 11.1 Å². The summed E-state index contributed by atoms with van der Waals surface area (Å²) in [5, 5.41) is 11.0. The Bertz CT molecular complexity index is 248. The Labute approximate surface area is 101 Å². The van der Waals surface area contributed by atoms with E-state index in [0.29, 0.717) is 19.7 Å². The smallest absolute Gasteiger partial charge is 0.305 e. The zero-order chi connectivity index (χ0) is 13.3. The van der Waals surface area contributed by atoms with Crippen LogP contribution in [-0.2, 0) is 14.3 Å². The quantitative estimate of drug-likeness (QED) is 0.457. The predicted molar refractivity (Wildman–Crippen MR) is 62.6 cm³/mol. The fourth-order valence-corrected chi connectivity index (χ4v) is 1.14. The summed E-state index contributed by atoms with van der Waals surface area (Å²) in [5.74, 6) is -1.52. The van der Waals surface area contributed by atoms with E-state index in [1.54, 1.807) is 7.11 Å². The molecule has 1 amide bonds. The van der Waals surface area contributed by atoms with Crippen molar-refractivity contribution < 1.29 is 19.4 Å². The van der Waals surface area contributed by atoms with Crippen molar-refractivity contribution in [3.05, 3.63) is 0 Å². The summed E-state index contributed by atoms with van der Waals surface area (Å²) in [6.45, 7) is 2.50. The summed E-state index contributed by atoms with van der Waals surface area (Å²) < 4.78 is 4.91. The van der Waals surface area contributed by atoms with Crippen LogP contribution in [0.15, 0.2) is 0 Å². The van der Waals surface area contributed by atoms with Crippen LogP contribution >= 0.6 is 0 Å². The summed E-state index contributed by atoms with van der Waals surface area (Å²) >= 11 is 0. The van der Waals surface area contributed by atoms with Crippen molar-refractivity contribution in [2.45, 2.75) is 12.5 Å². The van der Waals surface area contributed by atoms with E-state index in [2.05, 4.69) is 5.32 Å². The standard InChI is InChI=1S/C10H21N3O4/c1-13(5-6-17-2)4-3-12-10(16)8(11)7-9(14)15/h8H,3-7,11H2,1-2H3,(H,12,16)(H,14,15). The van der Waals surface area contributed by atoms with Crippen LogP contribution in [0.1, 0.15) is 6.42 Å². The molecule has 0 aliphatic rings. The maximum atomic E-state index is 11.3. The molecular formula is C10H21N3O4. The molecule has 0 radical (unpaired) electrons. The van der Waals surface area contributed by atoms with Gasteiger partial charge in [-0.1, -0.05) is 0 Å². The third-order valence-corrected chi connectivity index (χ3v) is 2.20. The van der Waals surface area contributed by atoms with Crippen LogP contribution in [-0.4, -0.2) is 68.3 Å². The molecule has 0 aliphatic carbocycles. The minimum absolute atomic E-state index is 0.356. The van der Waals surface area contributed by atoms with Crippen LogP contribution in [0, 0.1) is 0 Å². The molecule has 0 aromatic carbocycles. The highest BCUT2D eigenvalue weighted by molar-refractivity contribution is 5.85. The molecule has 0 saturated heterocycles. The first-order valence-corrected chi connectivity index (χ1v) is 5.40. The molecule has 100 valence electrons. The van der Waals surface area contributed by atoms with E-state index in [-0.39, 0.29) is 6.42 Å². The number of carboxylic acid groups (broad SMARTS) is 1. The van der Waals surface area contributed by atoms with Crippen molar-refractivity contribution in [2.24, 2.45) is 5.73 Å². The fourth-order valence-electron chi connectivity index (χ4n) is 1.14. The minimum Gasteiger partial charge on any atom is -0.481 e. The molecule has 0 spiro atoms. The first-order valence-electron chi connectivity index (χ1n) is 5.40. The van der Waals surface area contributed by atoms with Gasteiger partial charge in [-0.2, -0.15) is 0 Å². The average molecular weight is 247 g/mol. The summed E-state index contributed by atoms with van der Waals surface area (Å²) in [6, 6.07) is -0.989. The lowest BCUT2D eigenvalue weighted by molar-refractivity contribution is -0.139. The first-order chi connectivity index (χ1) is 7.97. The number of nitrogens with two attached hydrogens (primary N) is 1. The molecule has 0 aliphatic heterocycles. The van der Waals surface area contributed by atoms with E-state index in [4.69, 9.17) is 15.6 Å². The van der Waals surface area contributed by atoms with Crippen molar-refractivity contribution in [3.63, 3.8) is 0 Å². The molecule has 17 heavy (non-hydrogen) atoms. The maximum Gasteiger partial charge on any atom is 0.305 e. The van der Waals surface area contributed by atoms with Gasteiger partial charge in [0, 0.05) is 26.7 Å². The van der Waals surface area contributed by atoms with Gasteiger partial charge in [0.15, 0.2) is 0 Å². The summed E-state index contributed by atoms with van der Waals surface area (Å²) in [5.41, 5.74) is 5.39. The zero-order valence-corrected chi connectivity index (χ0v) is 10.3. The van der Waals surface area contributed by atoms with Crippen molar-refractivity contribution in [1.82, 2.24) is 10.2 Å². The molecule has 0 fully saturated rings. The van der Waals surface area contributed by atoms with Gasteiger partial charge < -0.3 is 25.8 Å². The van der Waals surface area contributed by atoms with Gasteiger partial charge in [-0.05, 0) is 7.05 Å². The highest BCUT2D eigenvalue weighted by atomic mass is 16.5. The molecule has 0 bridgehead atoms. The van der Waals surface area contributed by atoms with E-state index in [9.17, 15) is 9.59 Å². The lowest BCUT2D eigenvalue weighted by Crippen LogP contribution is -2.44. The maximum absolute atomic E-state index is 11.3. The van der Waals surface area contributed by atoms with Gasteiger partial charge in [0.1, 0.15) is 0 Å². The number of hydrogen-bond donors (Lipinski definition) is 3. The van der Waals surface area contributed by atoms with Crippen LogP contribution in [0.3, 0.4) is 0 Å². The van der Waals surface area contributed by atoms with E-state index < -0.39 is 17.9 Å². The van der Waals surface area contributed by atoms with E-state index in [1.165, 1.54) is 0 Å². The Morgan fingerprint density at radius 1 is 1.47 bits per heavy atom. The van der Waals surface area contributed by atoms with E-state index in [0.717, 1.165) is 6.54 Å². The van der Waals surface area contributed by atoms with E-state index >= 15 is 0 Å². The lowest BCUT2D eigenvalue weighted by atomic mass is 10.2. The Morgan fingerprint density at radius 2 is 2.12 bits per heavy atom. The van der Waals surface area contributed by atoms with Crippen molar-refractivity contribution in [1.29, 1.82) is 0 Å². The number of likely N-dealkylation sites (N-methyl/N-ethyl adjacent to an activating group) is 1. The molecular weight excluding hydrogens is 226 g/mol. The molecule has 7 heteroatoms. The number of aliphatic carboxylic acids is 1. The average Bonchev–Trinajstić information content (AvgIpc) is 2.25. The van der Waals surface area contributed by atoms with Gasteiger partial charge in [0.2, 0.25) is 5.91 Å². The first kappa shape index (κ1) is 15.8. The minimum atomic E-state index is -1.08. The number of carbonyl (C=O) groups is 2. The molecule has 0 heterocycles. The summed E-state index contributed by atoms with van der Waals surface area (Å²) in [4.78, 5) is 23.7. The summed E-state index contributed by atoms with van der Waals surface area (Å²) in [7, 11) is 3.53. The molecule has 0 saturated carbocycles. The number of methoxy groups -OCH3 is 1. The van der Waals surface area contributed by atoms with Gasteiger partial charge in [0.25, 0.3) is 0 Å². The summed E-state index contributed by atoms with van der Waals surface area (Å²) in [6.07, 6.45) is -0.356. The van der Waals surface area contributed by atoms with Crippen molar-refractivity contribution in [3.8, 4) is 0 Å². The predicted octanol–water partition coefficient (Wildman–Crippen LogP) is -1.52. The third kappa shape index (κ3) is 8.61. The largest absolute Gasteiger partial charge is 0.481 e. The zero-order valence-electron chi connectivity index (χ0n) is 10.3. The molecule has 7 nitrogen and oxygen atoms in total. The SMILES string of the molecule is COCCN(C)CCNC(=O)C(N)CC(=O)O. The van der Waals surface area contributed by atoms with Crippen LogP contribution in [0.5, 0.6) is 0 Å². The Kier molecular flexibility index (Phi) is 8.29. The number of amides is 1. The lowest BCUT2D eigenvalue weighted by Gasteiger charge is -2.17. The third-order valence-electron chi connectivity index (χ3n) is 2.20.